The molecule has 0 spiro atoms. The Morgan fingerprint density at radius 2 is 1.76 bits per heavy atom. The van der Waals surface area contributed by atoms with Crippen LogP contribution in [0.5, 0.6) is 0 Å². The van der Waals surface area contributed by atoms with E-state index in [-0.39, 0.29) is 13.2 Å². The summed E-state index contributed by atoms with van der Waals surface area (Å²) in [5.41, 5.74) is 0.826. The van der Waals surface area contributed by atoms with Crippen molar-refractivity contribution < 1.29 is 37.0 Å². The standard InChI is InChI=1S/C19H19F3N2O5/c1-4-28-19(27)12-7-10(2)24(11(12)3)8-16(26)29-9-15(25)23-14-6-5-13(20)17(21)18(14)22/h5-7H,4,8-9H2,1-3H3,(H,23,25). The zero-order valence-electron chi connectivity index (χ0n) is 16.0. The summed E-state index contributed by atoms with van der Waals surface area (Å²) in [6.07, 6.45) is 0. The van der Waals surface area contributed by atoms with Gasteiger partial charge in [0.05, 0.1) is 17.9 Å². The topological polar surface area (TPSA) is 86.6 Å². The quantitative estimate of drug-likeness (QED) is 0.558. The van der Waals surface area contributed by atoms with Gasteiger partial charge in [-0.15, -0.1) is 0 Å². The molecule has 0 saturated heterocycles. The Kier molecular flexibility index (Phi) is 7.03. The lowest BCUT2D eigenvalue weighted by molar-refractivity contribution is -0.147. The number of carbonyl (C=O) groups excluding carboxylic acids is 3. The third kappa shape index (κ3) is 5.15. The van der Waals surface area contributed by atoms with E-state index in [1.165, 1.54) is 4.57 Å². The van der Waals surface area contributed by atoms with E-state index in [0.717, 1.165) is 6.07 Å². The van der Waals surface area contributed by atoms with Crippen molar-refractivity contribution in [2.75, 3.05) is 18.5 Å². The van der Waals surface area contributed by atoms with Crippen molar-refractivity contribution in [2.24, 2.45) is 0 Å². The van der Waals surface area contributed by atoms with Gasteiger partial charge < -0.3 is 19.4 Å². The second kappa shape index (κ2) is 9.26. The lowest BCUT2D eigenvalue weighted by atomic mass is 10.2. The summed E-state index contributed by atoms with van der Waals surface area (Å²) >= 11 is 0. The van der Waals surface area contributed by atoms with E-state index in [0.29, 0.717) is 23.0 Å². The third-order valence-electron chi connectivity index (χ3n) is 4.03. The zero-order valence-corrected chi connectivity index (χ0v) is 16.0. The zero-order chi connectivity index (χ0) is 21.7. The number of amides is 1. The molecule has 1 aromatic heterocycles. The van der Waals surface area contributed by atoms with Crippen LogP contribution in [-0.4, -0.2) is 35.6 Å². The highest BCUT2D eigenvalue weighted by atomic mass is 19.2. The van der Waals surface area contributed by atoms with Crippen LogP contribution >= 0.6 is 0 Å². The number of anilines is 1. The van der Waals surface area contributed by atoms with Gasteiger partial charge in [0, 0.05) is 11.4 Å². The van der Waals surface area contributed by atoms with Crippen molar-refractivity contribution in [3.63, 3.8) is 0 Å². The summed E-state index contributed by atoms with van der Waals surface area (Å²) in [5.74, 6) is -6.93. The fourth-order valence-corrected chi connectivity index (χ4v) is 2.59. The lowest BCUT2D eigenvalue weighted by Crippen LogP contribution is -2.24. The van der Waals surface area contributed by atoms with E-state index < -0.39 is 47.6 Å². The van der Waals surface area contributed by atoms with E-state index in [1.54, 1.807) is 26.8 Å². The average molecular weight is 412 g/mol. The van der Waals surface area contributed by atoms with Gasteiger partial charge in [-0.1, -0.05) is 0 Å². The molecule has 0 atom stereocenters. The molecule has 0 saturated carbocycles. The second-order valence-electron chi connectivity index (χ2n) is 6.02. The molecule has 0 fully saturated rings. The van der Waals surface area contributed by atoms with Gasteiger partial charge in [-0.3, -0.25) is 9.59 Å². The highest BCUT2D eigenvalue weighted by molar-refractivity contribution is 5.93. The first-order chi connectivity index (χ1) is 13.6. The number of hydrogen-bond acceptors (Lipinski definition) is 5. The van der Waals surface area contributed by atoms with E-state index in [4.69, 9.17) is 9.47 Å². The van der Waals surface area contributed by atoms with Crippen LogP contribution in [0, 0.1) is 31.3 Å². The molecule has 10 heteroatoms. The smallest absolute Gasteiger partial charge is 0.339 e. The number of benzene rings is 1. The van der Waals surface area contributed by atoms with E-state index in [9.17, 15) is 27.6 Å². The number of halogens is 3. The van der Waals surface area contributed by atoms with Crippen LogP contribution in [0.2, 0.25) is 0 Å². The van der Waals surface area contributed by atoms with Crippen molar-refractivity contribution >= 4 is 23.5 Å². The van der Waals surface area contributed by atoms with Crippen molar-refractivity contribution in [1.29, 1.82) is 0 Å². The van der Waals surface area contributed by atoms with Gasteiger partial charge in [0.2, 0.25) is 0 Å². The van der Waals surface area contributed by atoms with Gasteiger partial charge in [-0.25, -0.2) is 18.0 Å². The van der Waals surface area contributed by atoms with E-state index >= 15 is 0 Å². The molecular weight excluding hydrogens is 393 g/mol. The Morgan fingerprint density at radius 1 is 1.07 bits per heavy atom. The maximum absolute atomic E-state index is 13.5. The molecule has 2 aromatic rings. The van der Waals surface area contributed by atoms with Crippen LogP contribution in [0.25, 0.3) is 0 Å². The normalized spacial score (nSPS) is 10.6. The third-order valence-corrected chi connectivity index (χ3v) is 4.03. The molecule has 0 unspecified atom stereocenters. The molecule has 29 heavy (non-hydrogen) atoms. The Labute approximate surface area is 164 Å². The molecule has 0 aliphatic carbocycles. The number of ether oxygens (including phenoxy) is 2. The van der Waals surface area contributed by atoms with Gasteiger partial charge >= 0.3 is 11.9 Å². The predicted octanol–water partition coefficient (Wildman–Crippen LogP) is 2.88. The summed E-state index contributed by atoms with van der Waals surface area (Å²) in [4.78, 5) is 35.7. The summed E-state index contributed by atoms with van der Waals surface area (Å²) in [6, 6.07) is 3.06. The maximum atomic E-state index is 13.5. The number of aryl methyl sites for hydroxylation is 1. The molecule has 2 rings (SSSR count). The van der Waals surface area contributed by atoms with Crippen LogP contribution < -0.4 is 5.32 Å². The van der Waals surface area contributed by atoms with Crippen LogP contribution in [0.1, 0.15) is 28.7 Å². The molecule has 7 nitrogen and oxygen atoms in total. The SMILES string of the molecule is CCOC(=O)c1cc(C)n(CC(=O)OCC(=O)Nc2ccc(F)c(F)c2F)c1C. The Hall–Kier alpha value is -3.30. The number of carbonyl (C=O) groups is 3. The van der Waals surface area contributed by atoms with Crippen LogP contribution in [0.4, 0.5) is 18.9 Å². The Bertz CT molecular complexity index is 956. The first kappa shape index (κ1) is 22.0. The van der Waals surface area contributed by atoms with Crippen LogP contribution in [0.15, 0.2) is 18.2 Å². The molecular formula is C19H19F3N2O5. The van der Waals surface area contributed by atoms with Gasteiger partial charge in [0.1, 0.15) is 6.54 Å². The fourth-order valence-electron chi connectivity index (χ4n) is 2.59. The molecule has 0 bridgehead atoms. The average Bonchev–Trinajstić information content (AvgIpc) is 2.95. The van der Waals surface area contributed by atoms with Gasteiger partial charge in [0.25, 0.3) is 5.91 Å². The molecule has 1 amide bonds. The van der Waals surface area contributed by atoms with Crippen molar-refractivity contribution in [3.8, 4) is 0 Å². The first-order valence-electron chi connectivity index (χ1n) is 8.58. The summed E-state index contributed by atoms with van der Waals surface area (Å²) in [6.45, 7) is 4.15. The molecule has 1 heterocycles. The molecule has 0 aliphatic rings. The number of nitrogens with one attached hydrogen (secondary N) is 1. The summed E-state index contributed by atoms with van der Waals surface area (Å²) in [7, 11) is 0. The summed E-state index contributed by atoms with van der Waals surface area (Å²) < 4.78 is 50.9. The number of esters is 2. The van der Waals surface area contributed by atoms with Crippen LogP contribution in [0.3, 0.4) is 0 Å². The number of hydrogen-bond donors (Lipinski definition) is 1. The van der Waals surface area contributed by atoms with Crippen molar-refractivity contribution in [1.82, 2.24) is 4.57 Å². The van der Waals surface area contributed by atoms with Gasteiger partial charge in [0.15, 0.2) is 24.1 Å². The minimum Gasteiger partial charge on any atom is -0.462 e. The maximum Gasteiger partial charge on any atom is 0.339 e. The van der Waals surface area contributed by atoms with E-state index in [1.807, 2.05) is 5.32 Å². The molecule has 1 aromatic carbocycles. The highest BCUT2D eigenvalue weighted by Gasteiger charge is 2.20. The predicted molar refractivity (Wildman–Crippen MR) is 95.8 cm³/mol. The molecule has 0 aliphatic heterocycles. The number of nitrogens with zero attached hydrogens (tertiary/aromatic N) is 1. The number of aromatic nitrogens is 1. The number of rotatable bonds is 7. The second-order valence-corrected chi connectivity index (χ2v) is 6.02. The Balaban J connectivity index is 1.96. The molecule has 1 N–H and O–H groups in total. The summed E-state index contributed by atoms with van der Waals surface area (Å²) in [5, 5.41) is 1.99. The van der Waals surface area contributed by atoms with Crippen molar-refractivity contribution in [2.45, 2.75) is 27.3 Å². The monoisotopic (exact) mass is 412 g/mol. The lowest BCUT2D eigenvalue weighted by Gasteiger charge is -2.11. The van der Waals surface area contributed by atoms with Crippen molar-refractivity contribution in [3.05, 3.63) is 52.6 Å². The van der Waals surface area contributed by atoms with Gasteiger partial charge in [-0.2, -0.15) is 0 Å². The highest BCUT2D eigenvalue weighted by Crippen LogP contribution is 2.19. The van der Waals surface area contributed by atoms with Crippen LogP contribution in [-0.2, 0) is 25.6 Å². The first-order valence-corrected chi connectivity index (χ1v) is 8.58. The fraction of sp³-hybridized carbons (Fsp3) is 0.316. The van der Waals surface area contributed by atoms with E-state index in [2.05, 4.69) is 0 Å². The minimum absolute atomic E-state index is 0.207. The Morgan fingerprint density at radius 3 is 2.41 bits per heavy atom. The largest absolute Gasteiger partial charge is 0.462 e. The molecule has 156 valence electrons. The van der Waals surface area contributed by atoms with Gasteiger partial charge in [-0.05, 0) is 39.0 Å². The minimum atomic E-state index is -1.73. The molecule has 0 radical (unpaired) electrons.